The Kier molecular flexibility index (Phi) is 4.66. The maximum Gasteiger partial charge on any atom is 0.239 e. The Morgan fingerprint density at radius 2 is 1.89 bits per heavy atom. The monoisotopic (exact) mass is 252 g/mol. The normalized spacial score (nSPS) is 37.3. The second-order valence-electron chi connectivity index (χ2n) is 6.41. The van der Waals surface area contributed by atoms with Crippen LogP contribution in [0.25, 0.3) is 0 Å². The van der Waals surface area contributed by atoms with Crippen LogP contribution in [0.1, 0.15) is 52.4 Å². The highest BCUT2D eigenvalue weighted by molar-refractivity contribution is 5.82. The van der Waals surface area contributed by atoms with E-state index in [-0.39, 0.29) is 6.04 Å². The van der Waals surface area contributed by atoms with Crippen molar-refractivity contribution in [3.05, 3.63) is 0 Å². The van der Waals surface area contributed by atoms with Crippen LogP contribution in [0.3, 0.4) is 0 Å². The van der Waals surface area contributed by atoms with E-state index in [0.29, 0.717) is 23.8 Å². The van der Waals surface area contributed by atoms with Crippen molar-refractivity contribution in [2.24, 2.45) is 11.8 Å². The van der Waals surface area contributed by atoms with Crippen LogP contribution in [0.2, 0.25) is 0 Å². The number of likely N-dealkylation sites (N-methyl/N-ethyl adjacent to an activating group) is 1. The molecule has 18 heavy (non-hydrogen) atoms. The largest absolute Gasteiger partial charge is 0.341 e. The average molecular weight is 252 g/mol. The van der Waals surface area contributed by atoms with E-state index in [2.05, 4.69) is 19.2 Å². The molecule has 3 heteroatoms. The molecule has 1 amide bonds. The highest BCUT2D eigenvalue weighted by Gasteiger charge is 2.33. The zero-order valence-electron chi connectivity index (χ0n) is 12.1. The van der Waals surface area contributed by atoms with Crippen molar-refractivity contribution in [3.8, 4) is 0 Å². The molecular weight excluding hydrogens is 224 g/mol. The van der Waals surface area contributed by atoms with E-state index in [1.165, 1.54) is 32.1 Å². The maximum absolute atomic E-state index is 12.6. The number of rotatable bonds is 2. The average Bonchev–Trinajstić information content (AvgIpc) is 2.37. The highest BCUT2D eigenvalue weighted by atomic mass is 16.2. The lowest BCUT2D eigenvalue weighted by Gasteiger charge is -2.39. The van der Waals surface area contributed by atoms with Crippen LogP contribution in [0.4, 0.5) is 0 Å². The number of piperidine rings is 1. The number of nitrogens with zero attached hydrogens (tertiary/aromatic N) is 1. The van der Waals surface area contributed by atoms with Gasteiger partial charge >= 0.3 is 0 Å². The van der Waals surface area contributed by atoms with E-state index in [9.17, 15) is 4.79 Å². The maximum atomic E-state index is 12.6. The van der Waals surface area contributed by atoms with Crippen LogP contribution in [-0.2, 0) is 4.79 Å². The van der Waals surface area contributed by atoms with Crippen molar-refractivity contribution < 1.29 is 4.79 Å². The van der Waals surface area contributed by atoms with Gasteiger partial charge in [-0.3, -0.25) is 4.79 Å². The van der Waals surface area contributed by atoms with Gasteiger partial charge in [-0.05, 0) is 44.1 Å². The number of carbonyl (C=O) groups is 1. The summed E-state index contributed by atoms with van der Waals surface area (Å²) >= 11 is 0. The van der Waals surface area contributed by atoms with Gasteiger partial charge in [0.25, 0.3) is 0 Å². The van der Waals surface area contributed by atoms with E-state index in [1.807, 2.05) is 11.9 Å². The molecule has 1 saturated heterocycles. The minimum atomic E-state index is 0.0628. The summed E-state index contributed by atoms with van der Waals surface area (Å²) in [4.78, 5) is 14.6. The van der Waals surface area contributed by atoms with Crippen LogP contribution < -0.4 is 5.32 Å². The van der Waals surface area contributed by atoms with E-state index in [4.69, 9.17) is 0 Å². The topological polar surface area (TPSA) is 32.3 Å². The predicted molar refractivity (Wildman–Crippen MR) is 74.4 cm³/mol. The standard InChI is InChI=1S/C15H28N2O/c1-11-8-9-16-13(10-11)15(18)17(3)14-7-5-4-6-12(14)2/h11-14,16H,4-10H2,1-3H3. The van der Waals surface area contributed by atoms with Crippen LogP contribution in [-0.4, -0.2) is 36.5 Å². The molecule has 1 aliphatic heterocycles. The molecule has 0 aromatic heterocycles. The summed E-state index contributed by atoms with van der Waals surface area (Å²) in [5, 5.41) is 3.39. The fourth-order valence-corrected chi connectivity index (χ4v) is 3.58. The molecule has 2 fully saturated rings. The quantitative estimate of drug-likeness (QED) is 0.818. The Morgan fingerprint density at radius 1 is 1.17 bits per heavy atom. The van der Waals surface area contributed by atoms with Crippen LogP contribution in [0.5, 0.6) is 0 Å². The number of hydrogen-bond donors (Lipinski definition) is 1. The van der Waals surface area contributed by atoms with Crippen LogP contribution in [0.15, 0.2) is 0 Å². The third-order valence-electron chi connectivity index (χ3n) is 4.88. The Labute approximate surface area is 111 Å². The molecular formula is C15H28N2O. The second-order valence-corrected chi connectivity index (χ2v) is 6.41. The van der Waals surface area contributed by atoms with Gasteiger partial charge in [-0.15, -0.1) is 0 Å². The summed E-state index contributed by atoms with van der Waals surface area (Å²) in [6, 6.07) is 0.526. The van der Waals surface area contributed by atoms with Crippen molar-refractivity contribution in [1.82, 2.24) is 10.2 Å². The van der Waals surface area contributed by atoms with E-state index in [1.54, 1.807) is 0 Å². The Bertz CT molecular complexity index is 292. The molecule has 0 aromatic carbocycles. The zero-order chi connectivity index (χ0) is 13.1. The molecule has 1 aliphatic carbocycles. The third kappa shape index (κ3) is 3.05. The Morgan fingerprint density at radius 3 is 2.56 bits per heavy atom. The fourth-order valence-electron chi connectivity index (χ4n) is 3.58. The minimum Gasteiger partial charge on any atom is -0.341 e. The summed E-state index contributed by atoms with van der Waals surface area (Å²) in [6.07, 6.45) is 7.28. The summed E-state index contributed by atoms with van der Waals surface area (Å²) in [6.45, 7) is 5.54. The van der Waals surface area contributed by atoms with Crippen molar-refractivity contribution in [3.63, 3.8) is 0 Å². The molecule has 3 nitrogen and oxygen atoms in total. The highest BCUT2D eigenvalue weighted by Crippen LogP contribution is 2.28. The van der Waals surface area contributed by atoms with Gasteiger partial charge in [0.2, 0.25) is 5.91 Å². The smallest absolute Gasteiger partial charge is 0.239 e. The summed E-state index contributed by atoms with van der Waals surface area (Å²) in [5.74, 6) is 1.66. The van der Waals surface area contributed by atoms with E-state index in [0.717, 1.165) is 13.0 Å². The van der Waals surface area contributed by atoms with Gasteiger partial charge in [0.15, 0.2) is 0 Å². The van der Waals surface area contributed by atoms with Crippen molar-refractivity contribution in [1.29, 1.82) is 0 Å². The number of nitrogens with one attached hydrogen (secondary N) is 1. The van der Waals surface area contributed by atoms with Gasteiger partial charge in [-0.1, -0.05) is 26.7 Å². The molecule has 2 rings (SSSR count). The van der Waals surface area contributed by atoms with Crippen molar-refractivity contribution >= 4 is 5.91 Å². The van der Waals surface area contributed by atoms with Gasteiger partial charge in [0, 0.05) is 13.1 Å². The number of amides is 1. The van der Waals surface area contributed by atoms with Gasteiger partial charge in [-0.25, -0.2) is 0 Å². The molecule has 1 saturated carbocycles. The zero-order valence-corrected chi connectivity index (χ0v) is 12.1. The first-order chi connectivity index (χ1) is 8.59. The lowest BCUT2D eigenvalue weighted by molar-refractivity contribution is -0.136. The lowest BCUT2D eigenvalue weighted by atomic mass is 9.84. The Balaban J connectivity index is 1.94. The first kappa shape index (κ1) is 13.9. The molecule has 4 atom stereocenters. The first-order valence-corrected chi connectivity index (χ1v) is 7.59. The van der Waals surface area contributed by atoms with Gasteiger partial charge in [0.05, 0.1) is 6.04 Å². The van der Waals surface area contributed by atoms with Gasteiger partial charge in [-0.2, -0.15) is 0 Å². The van der Waals surface area contributed by atoms with Crippen molar-refractivity contribution in [2.75, 3.05) is 13.6 Å². The van der Waals surface area contributed by atoms with Crippen LogP contribution in [0, 0.1) is 11.8 Å². The summed E-state index contributed by atoms with van der Waals surface area (Å²) in [5.41, 5.74) is 0. The molecule has 2 aliphatic rings. The number of carbonyl (C=O) groups excluding carboxylic acids is 1. The van der Waals surface area contributed by atoms with Gasteiger partial charge in [0.1, 0.15) is 0 Å². The number of hydrogen-bond acceptors (Lipinski definition) is 2. The molecule has 104 valence electrons. The SMILES string of the molecule is CC1CCNC(C(=O)N(C)C2CCCCC2C)C1. The lowest BCUT2D eigenvalue weighted by Crippen LogP contribution is -2.53. The summed E-state index contributed by atoms with van der Waals surface area (Å²) < 4.78 is 0. The minimum absolute atomic E-state index is 0.0628. The molecule has 1 N–H and O–H groups in total. The summed E-state index contributed by atoms with van der Waals surface area (Å²) in [7, 11) is 2.01. The molecule has 1 heterocycles. The molecule has 0 spiro atoms. The fraction of sp³-hybridized carbons (Fsp3) is 0.933. The Hall–Kier alpha value is -0.570. The van der Waals surface area contributed by atoms with E-state index < -0.39 is 0 Å². The molecule has 0 radical (unpaired) electrons. The van der Waals surface area contributed by atoms with Crippen LogP contribution >= 0.6 is 0 Å². The molecule has 4 unspecified atom stereocenters. The molecule has 0 aromatic rings. The third-order valence-corrected chi connectivity index (χ3v) is 4.88. The van der Waals surface area contributed by atoms with E-state index >= 15 is 0 Å². The van der Waals surface area contributed by atoms with Crippen molar-refractivity contribution in [2.45, 2.75) is 64.5 Å². The molecule has 0 bridgehead atoms. The second kappa shape index (κ2) is 6.05. The van der Waals surface area contributed by atoms with Gasteiger partial charge < -0.3 is 10.2 Å². The first-order valence-electron chi connectivity index (χ1n) is 7.59. The predicted octanol–water partition coefficient (Wildman–Crippen LogP) is 2.41.